The van der Waals surface area contributed by atoms with Crippen LogP contribution in [0.5, 0.6) is 5.75 Å². The maximum Gasteiger partial charge on any atom is 0.241 e. The van der Waals surface area contributed by atoms with Gasteiger partial charge in [0.1, 0.15) is 16.7 Å². The first-order chi connectivity index (χ1) is 12.2. The van der Waals surface area contributed by atoms with Crippen LogP contribution < -0.4 is 26.8 Å². The van der Waals surface area contributed by atoms with Crippen LogP contribution in [0.15, 0.2) is 18.5 Å². The van der Waals surface area contributed by atoms with Gasteiger partial charge < -0.3 is 26.8 Å². The molecule has 0 unspecified atom stereocenters. The quantitative estimate of drug-likeness (QED) is 0.463. The first-order valence-corrected chi connectivity index (χ1v) is 8.47. The van der Waals surface area contributed by atoms with Gasteiger partial charge in [0.2, 0.25) is 5.90 Å². The van der Waals surface area contributed by atoms with Gasteiger partial charge in [0.15, 0.2) is 17.3 Å². The summed E-state index contributed by atoms with van der Waals surface area (Å²) in [7, 11) is 0. The molecular formula is C16H21ClN8O. The first-order valence-electron chi connectivity index (χ1n) is 8.09. The van der Waals surface area contributed by atoms with Gasteiger partial charge in [-0.2, -0.15) is 0 Å². The van der Waals surface area contributed by atoms with E-state index in [2.05, 4.69) is 19.9 Å². The molecule has 3 rings (SSSR count). The summed E-state index contributed by atoms with van der Waals surface area (Å²) >= 11 is 5.99. The van der Waals surface area contributed by atoms with Crippen molar-refractivity contribution in [2.45, 2.75) is 25.3 Å². The van der Waals surface area contributed by atoms with Crippen molar-refractivity contribution in [3.8, 4) is 5.75 Å². The largest absolute Gasteiger partial charge is 0.436 e. The van der Waals surface area contributed by atoms with E-state index in [9.17, 15) is 0 Å². The van der Waals surface area contributed by atoms with E-state index in [0.29, 0.717) is 5.82 Å². The lowest BCUT2D eigenvalue weighted by Gasteiger charge is -2.37. The van der Waals surface area contributed by atoms with E-state index < -0.39 is 0 Å². The lowest BCUT2D eigenvalue weighted by atomic mass is 9.91. The van der Waals surface area contributed by atoms with Gasteiger partial charge in [-0.1, -0.05) is 11.6 Å². The van der Waals surface area contributed by atoms with Crippen molar-refractivity contribution >= 4 is 35.0 Å². The second kappa shape index (κ2) is 6.93. The summed E-state index contributed by atoms with van der Waals surface area (Å²) in [5.74, 6) is 0.908. The summed E-state index contributed by atoms with van der Waals surface area (Å²) in [6.45, 7) is 3.60. The van der Waals surface area contributed by atoms with Crippen molar-refractivity contribution in [2.75, 3.05) is 29.5 Å². The van der Waals surface area contributed by atoms with Crippen LogP contribution in [0, 0.1) is 5.41 Å². The van der Waals surface area contributed by atoms with E-state index in [1.807, 2.05) is 6.92 Å². The zero-order valence-electron chi connectivity index (χ0n) is 14.4. The van der Waals surface area contributed by atoms with Gasteiger partial charge in [0.05, 0.1) is 12.4 Å². The summed E-state index contributed by atoms with van der Waals surface area (Å²) in [5.41, 5.74) is 17.7. The number of rotatable bonds is 3. The summed E-state index contributed by atoms with van der Waals surface area (Å²) in [6.07, 6.45) is 4.64. The van der Waals surface area contributed by atoms with Gasteiger partial charge in [0.25, 0.3) is 0 Å². The molecule has 2 aromatic heterocycles. The van der Waals surface area contributed by atoms with Crippen molar-refractivity contribution in [1.82, 2.24) is 15.0 Å². The number of nitrogens with one attached hydrogen (secondary N) is 1. The molecule has 10 heteroatoms. The minimum atomic E-state index is -0.276. The number of pyridine rings is 1. The number of halogens is 1. The van der Waals surface area contributed by atoms with E-state index in [1.54, 1.807) is 6.20 Å². The Labute approximate surface area is 156 Å². The van der Waals surface area contributed by atoms with Crippen LogP contribution in [0.25, 0.3) is 0 Å². The molecule has 1 aliphatic heterocycles. The average Bonchev–Trinajstić information content (AvgIpc) is 2.58. The Morgan fingerprint density at radius 3 is 2.62 bits per heavy atom. The predicted molar refractivity (Wildman–Crippen MR) is 102 cm³/mol. The van der Waals surface area contributed by atoms with E-state index >= 15 is 0 Å². The monoisotopic (exact) mass is 376 g/mol. The lowest BCUT2D eigenvalue weighted by molar-refractivity contribution is 0.363. The molecule has 0 amide bonds. The zero-order valence-corrected chi connectivity index (χ0v) is 15.1. The van der Waals surface area contributed by atoms with Crippen LogP contribution in [-0.2, 0) is 0 Å². The van der Waals surface area contributed by atoms with Crippen LogP contribution in [0.1, 0.15) is 25.5 Å². The molecule has 26 heavy (non-hydrogen) atoms. The summed E-state index contributed by atoms with van der Waals surface area (Å²) in [5, 5.41) is 8.31. The molecule has 2 aromatic rings. The third kappa shape index (κ3) is 3.94. The van der Waals surface area contributed by atoms with E-state index in [0.717, 1.165) is 25.9 Å². The molecule has 1 saturated heterocycles. The number of piperidine rings is 1. The second-order valence-corrected chi connectivity index (χ2v) is 6.98. The molecule has 0 aromatic carbocycles. The van der Waals surface area contributed by atoms with Crippen molar-refractivity contribution in [3.05, 3.63) is 29.2 Å². The predicted octanol–water partition coefficient (Wildman–Crippen LogP) is 1.41. The van der Waals surface area contributed by atoms with Gasteiger partial charge >= 0.3 is 0 Å². The highest BCUT2D eigenvalue weighted by molar-refractivity contribution is 6.32. The first kappa shape index (κ1) is 18.2. The van der Waals surface area contributed by atoms with Crippen molar-refractivity contribution in [2.24, 2.45) is 5.73 Å². The minimum absolute atomic E-state index is 0.103. The van der Waals surface area contributed by atoms with E-state index in [1.165, 1.54) is 12.3 Å². The topological polar surface area (TPSA) is 153 Å². The van der Waals surface area contributed by atoms with Crippen LogP contribution in [-0.4, -0.2) is 39.5 Å². The van der Waals surface area contributed by atoms with Crippen molar-refractivity contribution in [3.63, 3.8) is 0 Å². The van der Waals surface area contributed by atoms with Gasteiger partial charge in [-0.3, -0.25) is 5.41 Å². The van der Waals surface area contributed by atoms with E-state index in [-0.39, 0.29) is 39.5 Å². The maximum absolute atomic E-state index is 8.09. The molecule has 3 heterocycles. The van der Waals surface area contributed by atoms with Crippen LogP contribution in [0.3, 0.4) is 0 Å². The molecule has 0 radical (unpaired) electrons. The fourth-order valence-corrected chi connectivity index (χ4v) is 2.78. The Bertz CT molecular complexity index is 831. The standard InChI is InChI=1S/C16H21ClN8O/c1-16(21)2-4-25(5-3-16)12-8-23-13(14(19)24-12)15(20)26-10-6-11(18)22-7-9(10)17/h6-8,20H,2-5,21H2,1H3,(H2,18,22)(H2,19,24). The highest BCUT2D eigenvalue weighted by Crippen LogP contribution is 2.27. The fraction of sp³-hybridized carbons (Fsp3) is 0.375. The molecule has 1 aliphatic rings. The molecule has 7 N–H and O–H groups in total. The smallest absolute Gasteiger partial charge is 0.241 e. The van der Waals surface area contributed by atoms with Crippen molar-refractivity contribution < 1.29 is 4.74 Å². The highest BCUT2D eigenvalue weighted by atomic mass is 35.5. The highest BCUT2D eigenvalue weighted by Gasteiger charge is 2.27. The average molecular weight is 377 g/mol. The Morgan fingerprint density at radius 2 is 1.96 bits per heavy atom. The van der Waals surface area contributed by atoms with Gasteiger partial charge in [-0.15, -0.1) is 0 Å². The fourth-order valence-electron chi connectivity index (χ4n) is 2.64. The number of ether oxygens (including phenoxy) is 1. The summed E-state index contributed by atoms with van der Waals surface area (Å²) < 4.78 is 5.42. The molecule has 0 atom stereocenters. The SMILES string of the molecule is CC1(N)CCN(c2cnc(C(=N)Oc3cc(N)ncc3Cl)c(N)n2)CC1. The maximum atomic E-state index is 8.09. The molecule has 0 saturated carbocycles. The Balaban J connectivity index is 1.75. The summed E-state index contributed by atoms with van der Waals surface area (Å²) in [6, 6.07) is 1.42. The van der Waals surface area contributed by atoms with Crippen molar-refractivity contribution in [1.29, 1.82) is 5.41 Å². The third-order valence-electron chi connectivity index (χ3n) is 4.28. The molecule has 0 aliphatic carbocycles. The third-order valence-corrected chi connectivity index (χ3v) is 4.57. The Kier molecular flexibility index (Phi) is 4.84. The normalized spacial score (nSPS) is 16.3. The lowest BCUT2D eigenvalue weighted by Crippen LogP contribution is -2.48. The number of hydrogen-bond acceptors (Lipinski definition) is 9. The van der Waals surface area contributed by atoms with Crippen LogP contribution >= 0.6 is 11.6 Å². The molecule has 1 fully saturated rings. The molecule has 9 nitrogen and oxygen atoms in total. The molecule has 138 valence electrons. The molecule has 0 spiro atoms. The summed E-state index contributed by atoms with van der Waals surface area (Å²) in [4.78, 5) is 14.5. The molecular weight excluding hydrogens is 356 g/mol. The van der Waals surface area contributed by atoms with Gasteiger partial charge in [0, 0.05) is 24.7 Å². The number of nitrogens with zero attached hydrogens (tertiary/aromatic N) is 4. The molecule has 0 bridgehead atoms. The van der Waals surface area contributed by atoms with Crippen LogP contribution in [0.2, 0.25) is 5.02 Å². The minimum Gasteiger partial charge on any atom is -0.436 e. The van der Waals surface area contributed by atoms with E-state index in [4.69, 9.17) is 38.9 Å². The number of nitrogens with two attached hydrogens (primary N) is 3. The van der Waals surface area contributed by atoms with Gasteiger partial charge in [-0.05, 0) is 19.8 Å². The van der Waals surface area contributed by atoms with Crippen LogP contribution in [0.4, 0.5) is 17.5 Å². The number of hydrogen-bond donors (Lipinski definition) is 4. The Morgan fingerprint density at radius 1 is 1.27 bits per heavy atom. The number of nitrogen functional groups attached to an aromatic ring is 2. The zero-order chi connectivity index (χ0) is 18.9. The number of aromatic nitrogens is 3. The number of anilines is 3. The van der Waals surface area contributed by atoms with Gasteiger partial charge in [-0.25, -0.2) is 15.0 Å². The Hall–Kier alpha value is -2.65. The second-order valence-electron chi connectivity index (χ2n) is 6.57.